The van der Waals surface area contributed by atoms with E-state index in [9.17, 15) is 4.39 Å². The molecule has 1 unspecified atom stereocenters. The molecule has 0 fully saturated rings. The molecule has 1 N–H and O–H groups in total. The van der Waals surface area contributed by atoms with Gasteiger partial charge >= 0.3 is 0 Å². The largest absolute Gasteiger partial charge is 0.369 e. The molecular formula is C13H16FN3O. The fraction of sp³-hybridized carbons (Fsp3) is 0.385. The van der Waals surface area contributed by atoms with Gasteiger partial charge in [-0.1, -0.05) is 12.1 Å². The molecule has 0 aliphatic carbocycles. The Morgan fingerprint density at radius 1 is 1.39 bits per heavy atom. The molecule has 0 radical (unpaired) electrons. The average Bonchev–Trinajstić information content (AvgIpc) is 2.68. The summed E-state index contributed by atoms with van der Waals surface area (Å²) in [7, 11) is 0. The highest BCUT2D eigenvalue weighted by Crippen LogP contribution is 2.23. The van der Waals surface area contributed by atoms with E-state index in [1.54, 1.807) is 6.07 Å². The molecule has 0 saturated heterocycles. The molecule has 0 spiro atoms. The number of hydrogen-bond donors (Lipinski definition) is 1. The van der Waals surface area contributed by atoms with Gasteiger partial charge in [0.2, 0.25) is 0 Å². The summed E-state index contributed by atoms with van der Waals surface area (Å²) in [5.41, 5.74) is 2.03. The molecule has 0 bridgehead atoms. The van der Waals surface area contributed by atoms with Gasteiger partial charge in [-0.3, -0.25) is 0 Å². The summed E-state index contributed by atoms with van der Waals surface area (Å²) < 4.78 is 17.8. The first kappa shape index (κ1) is 12.5. The Hall–Kier alpha value is -1.91. The third kappa shape index (κ3) is 2.67. The van der Waals surface area contributed by atoms with Crippen LogP contribution < -0.4 is 5.32 Å². The maximum absolute atomic E-state index is 12.7. The fourth-order valence-corrected chi connectivity index (χ4v) is 2.03. The molecule has 0 aliphatic heterocycles. The Balaban J connectivity index is 2.00. The van der Waals surface area contributed by atoms with Crippen molar-refractivity contribution in [3.63, 3.8) is 0 Å². The van der Waals surface area contributed by atoms with Crippen molar-refractivity contribution in [2.45, 2.75) is 26.7 Å². The molecule has 4 nitrogen and oxygen atoms in total. The van der Waals surface area contributed by atoms with Crippen molar-refractivity contribution in [1.82, 2.24) is 10.1 Å². The quantitative estimate of drug-likeness (QED) is 0.904. The molecular weight excluding hydrogens is 233 g/mol. The summed E-state index contributed by atoms with van der Waals surface area (Å²) >= 11 is 0. The second-order valence-electron chi connectivity index (χ2n) is 4.38. The smallest absolute Gasteiger partial charge is 0.141 e. The monoisotopic (exact) mass is 249 g/mol. The van der Waals surface area contributed by atoms with Gasteiger partial charge in [0.1, 0.15) is 17.4 Å². The lowest BCUT2D eigenvalue weighted by atomic mass is 9.99. The standard InChI is InChI=1S/C13H16FN3O/c1-8(13-9(2)17-18-10(13)3)6-15-12-5-4-11(14)7-16-12/h4-5,7-8H,6H2,1-3H3,(H,15,16). The van der Waals surface area contributed by atoms with E-state index < -0.39 is 0 Å². The van der Waals surface area contributed by atoms with Crippen LogP contribution in [0.5, 0.6) is 0 Å². The lowest BCUT2D eigenvalue weighted by Crippen LogP contribution is -2.12. The van der Waals surface area contributed by atoms with Gasteiger partial charge in [0.15, 0.2) is 0 Å². The second-order valence-corrected chi connectivity index (χ2v) is 4.38. The Kier molecular flexibility index (Phi) is 3.60. The van der Waals surface area contributed by atoms with Crippen LogP contribution in [-0.4, -0.2) is 16.7 Å². The SMILES string of the molecule is Cc1noc(C)c1C(C)CNc1ccc(F)cn1. The van der Waals surface area contributed by atoms with Gasteiger partial charge in [0.25, 0.3) is 0 Å². The van der Waals surface area contributed by atoms with Crippen LogP contribution >= 0.6 is 0 Å². The van der Waals surface area contributed by atoms with Crippen molar-refractivity contribution >= 4 is 5.82 Å². The zero-order valence-electron chi connectivity index (χ0n) is 10.7. The Morgan fingerprint density at radius 3 is 2.72 bits per heavy atom. The molecule has 2 rings (SSSR count). The predicted molar refractivity (Wildman–Crippen MR) is 67.1 cm³/mol. The van der Waals surface area contributed by atoms with E-state index in [2.05, 4.69) is 22.4 Å². The van der Waals surface area contributed by atoms with Crippen molar-refractivity contribution < 1.29 is 8.91 Å². The number of rotatable bonds is 4. The van der Waals surface area contributed by atoms with E-state index >= 15 is 0 Å². The van der Waals surface area contributed by atoms with Crippen LogP contribution in [-0.2, 0) is 0 Å². The highest BCUT2D eigenvalue weighted by atomic mass is 19.1. The number of nitrogens with zero attached hydrogens (tertiary/aromatic N) is 2. The molecule has 2 aromatic rings. The van der Waals surface area contributed by atoms with Crippen LogP contribution in [0.4, 0.5) is 10.2 Å². The maximum atomic E-state index is 12.7. The normalized spacial score (nSPS) is 12.4. The van der Waals surface area contributed by atoms with Crippen LogP contribution in [0.1, 0.15) is 29.9 Å². The van der Waals surface area contributed by atoms with Gasteiger partial charge in [-0.15, -0.1) is 0 Å². The van der Waals surface area contributed by atoms with Gasteiger partial charge < -0.3 is 9.84 Å². The minimum atomic E-state index is -0.334. The van der Waals surface area contributed by atoms with Crippen molar-refractivity contribution in [3.8, 4) is 0 Å². The molecule has 2 aromatic heterocycles. The highest BCUT2D eigenvalue weighted by Gasteiger charge is 2.16. The van der Waals surface area contributed by atoms with Crippen LogP contribution in [0.25, 0.3) is 0 Å². The van der Waals surface area contributed by atoms with Gasteiger partial charge in [0.05, 0.1) is 11.9 Å². The van der Waals surface area contributed by atoms with E-state index in [4.69, 9.17) is 4.52 Å². The van der Waals surface area contributed by atoms with E-state index in [-0.39, 0.29) is 11.7 Å². The van der Waals surface area contributed by atoms with E-state index in [1.165, 1.54) is 12.3 Å². The zero-order chi connectivity index (χ0) is 13.1. The summed E-state index contributed by atoms with van der Waals surface area (Å²) in [4.78, 5) is 3.95. The minimum absolute atomic E-state index is 0.253. The molecule has 2 heterocycles. The average molecular weight is 249 g/mol. The molecule has 0 aliphatic rings. The van der Waals surface area contributed by atoms with Crippen molar-refractivity contribution in [2.75, 3.05) is 11.9 Å². The number of aromatic nitrogens is 2. The first-order chi connectivity index (χ1) is 8.58. The van der Waals surface area contributed by atoms with Crippen LogP contribution in [0, 0.1) is 19.7 Å². The van der Waals surface area contributed by atoms with E-state index in [1.807, 2.05) is 13.8 Å². The lowest BCUT2D eigenvalue weighted by molar-refractivity contribution is 0.391. The summed E-state index contributed by atoms with van der Waals surface area (Å²) in [6.07, 6.45) is 1.20. The molecule has 0 saturated carbocycles. The first-order valence-electron chi connectivity index (χ1n) is 5.86. The van der Waals surface area contributed by atoms with Crippen molar-refractivity contribution in [3.05, 3.63) is 41.2 Å². The number of halogens is 1. The van der Waals surface area contributed by atoms with Gasteiger partial charge in [-0.2, -0.15) is 0 Å². The Labute approximate surface area is 105 Å². The third-order valence-electron chi connectivity index (χ3n) is 2.90. The summed E-state index contributed by atoms with van der Waals surface area (Å²) in [5, 5.41) is 7.10. The van der Waals surface area contributed by atoms with Crippen LogP contribution in [0.15, 0.2) is 22.9 Å². The number of nitrogens with one attached hydrogen (secondary N) is 1. The number of aryl methyl sites for hydroxylation is 2. The lowest BCUT2D eigenvalue weighted by Gasteiger charge is -2.12. The highest BCUT2D eigenvalue weighted by molar-refractivity contribution is 5.35. The molecule has 96 valence electrons. The molecule has 1 atom stereocenters. The topological polar surface area (TPSA) is 51.0 Å². The van der Waals surface area contributed by atoms with E-state index in [0.29, 0.717) is 12.4 Å². The number of anilines is 1. The second kappa shape index (κ2) is 5.16. The first-order valence-corrected chi connectivity index (χ1v) is 5.86. The van der Waals surface area contributed by atoms with Crippen molar-refractivity contribution in [1.29, 1.82) is 0 Å². The van der Waals surface area contributed by atoms with Crippen LogP contribution in [0.2, 0.25) is 0 Å². The molecule has 0 aromatic carbocycles. The number of hydrogen-bond acceptors (Lipinski definition) is 4. The third-order valence-corrected chi connectivity index (χ3v) is 2.90. The fourth-order valence-electron chi connectivity index (χ4n) is 2.03. The van der Waals surface area contributed by atoms with Gasteiger partial charge in [0, 0.05) is 18.0 Å². The summed E-state index contributed by atoms with van der Waals surface area (Å²) in [6, 6.07) is 3.01. The Morgan fingerprint density at radius 2 is 2.17 bits per heavy atom. The van der Waals surface area contributed by atoms with Gasteiger partial charge in [-0.25, -0.2) is 9.37 Å². The van der Waals surface area contributed by atoms with Gasteiger partial charge in [-0.05, 0) is 26.0 Å². The molecule has 0 amide bonds. The summed E-state index contributed by atoms with van der Waals surface area (Å²) in [6.45, 7) is 6.62. The van der Waals surface area contributed by atoms with Crippen molar-refractivity contribution in [2.24, 2.45) is 0 Å². The minimum Gasteiger partial charge on any atom is -0.369 e. The molecule has 18 heavy (non-hydrogen) atoms. The van der Waals surface area contributed by atoms with Crippen LogP contribution in [0.3, 0.4) is 0 Å². The molecule has 5 heteroatoms. The van der Waals surface area contributed by atoms with E-state index in [0.717, 1.165) is 17.0 Å². The summed E-state index contributed by atoms with van der Waals surface area (Å²) in [5.74, 6) is 1.42. The Bertz CT molecular complexity index is 502. The predicted octanol–water partition coefficient (Wildman–Crippen LogP) is 3.04. The number of pyridine rings is 1. The zero-order valence-corrected chi connectivity index (χ0v) is 10.7. The maximum Gasteiger partial charge on any atom is 0.141 e.